The van der Waals surface area contributed by atoms with E-state index in [0.29, 0.717) is 36.4 Å². The lowest BCUT2D eigenvalue weighted by atomic mass is 10.2. The van der Waals surface area contributed by atoms with Crippen molar-refractivity contribution in [3.8, 4) is 5.75 Å². The summed E-state index contributed by atoms with van der Waals surface area (Å²) < 4.78 is 63.1. The Morgan fingerprint density at radius 3 is 2.43 bits per heavy atom. The monoisotopic (exact) mass is 523 g/mol. The Balaban J connectivity index is 1.21. The van der Waals surface area contributed by atoms with Gasteiger partial charge in [0, 0.05) is 26.1 Å². The number of sulfonamides is 2. The van der Waals surface area contributed by atoms with E-state index in [1.165, 1.54) is 46.8 Å². The highest BCUT2D eigenvalue weighted by Crippen LogP contribution is 2.29. The van der Waals surface area contributed by atoms with Crippen molar-refractivity contribution in [1.82, 2.24) is 13.9 Å². The minimum Gasteiger partial charge on any atom is -0.492 e. The molecule has 0 atom stereocenters. The molecule has 2 aliphatic heterocycles. The summed E-state index contributed by atoms with van der Waals surface area (Å²) in [6.07, 6.45) is -0.187. The first-order valence-electron chi connectivity index (χ1n) is 10.9. The Morgan fingerprint density at radius 2 is 1.74 bits per heavy atom. The molecule has 4 rings (SSSR count). The number of carbonyl (C=O) groups is 2. The van der Waals surface area contributed by atoms with Gasteiger partial charge in [0.2, 0.25) is 15.9 Å². The summed E-state index contributed by atoms with van der Waals surface area (Å²) in [7, 11) is -7.54. The second-order valence-electron chi connectivity index (χ2n) is 7.81. The number of rotatable bonds is 9. The van der Waals surface area contributed by atoms with E-state index in [2.05, 4.69) is 5.32 Å². The summed E-state index contributed by atoms with van der Waals surface area (Å²) in [5.41, 5.74) is 0.102. The van der Waals surface area contributed by atoms with Gasteiger partial charge in [-0.1, -0.05) is 12.1 Å². The number of carbonyl (C=O) groups excluding carboxylic acids is 2. The summed E-state index contributed by atoms with van der Waals surface area (Å²) >= 11 is 0. The molecule has 11 nitrogen and oxygen atoms in total. The standard InChI is InChI=1S/C22H25N3O8S2/c26-21(9-11-25-22(27)19-3-1-2-4-20(19)35(25,30)31)23-10-14-33-17-5-7-18(8-6-17)34(28,29)24-12-15-32-16-13-24/h1-8H,9-16H2,(H,23,26). The predicted octanol–water partition coefficient (Wildman–Crippen LogP) is 0.437. The molecule has 0 aromatic heterocycles. The average molecular weight is 524 g/mol. The fourth-order valence-corrected chi connectivity index (χ4v) is 6.72. The number of benzene rings is 2. The highest BCUT2D eigenvalue weighted by molar-refractivity contribution is 7.90. The maximum atomic E-state index is 12.6. The van der Waals surface area contributed by atoms with Gasteiger partial charge in [-0.15, -0.1) is 0 Å². The molecule has 0 spiro atoms. The largest absolute Gasteiger partial charge is 0.492 e. The molecule has 2 amide bonds. The van der Waals surface area contributed by atoms with Gasteiger partial charge in [-0.25, -0.2) is 21.1 Å². The van der Waals surface area contributed by atoms with E-state index in [9.17, 15) is 26.4 Å². The third kappa shape index (κ3) is 5.32. The molecule has 0 unspecified atom stereocenters. The molecule has 13 heteroatoms. The van der Waals surface area contributed by atoms with E-state index in [4.69, 9.17) is 9.47 Å². The van der Waals surface area contributed by atoms with E-state index in [-0.39, 0.29) is 41.5 Å². The smallest absolute Gasteiger partial charge is 0.269 e. The topological polar surface area (TPSA) is 139 Å². The highest BCUT2D eigenvalue weighted by atomic mass is 32.2. The first-order chi connectivity index (χ1) is 16.7. The molecule has 0 bridgehead atoms. The number of amides is 2. The number of fused-ring (bicyclic) bond motifs is 1. The zero-order valence-corrected chi connectivity index (χ0v) is 20.4. The van der Waals surface area contributed by atoms with Gasteiger partial charge in [-0.05, 0) is 36.4 Å². The van der Waals surface area contributed by atoms with Crippen LogP contribution in [-0.4, -0.2) is 83.3 Å². The van der Waals surface area contributed by atoms with Crippen LogP contribution in [0.3, 0.4) is 0 Å². The molecule has 2 heterocycles. The summed E-state index contributed by atoms with van der Waals surface area (Å²) in [5, 5.41) is 2.61. The SMILES string of the molecule is O=C(CCN1C(=O)c2ccccc2S1(=O)=O)NCCOc1ccc(S(=O)(=O)N2CCOCC2)cc1. The first-order valence-corrected chi connectivity index (χ1v) is 13.8. The van der Waals surface area contributed by atoms with Gasteiger partial charge in [0.15, 0.2) is 0 Å². The van der Waals surface area contributed by atoms with Crippen molar-refractivity contribution in [3.63, 3.8) is 0 Å². The fraction of sp³-hybridized carbons (Fsp3) is 0.364. The summed E-state index contributed by atoms with van der Waals surface area (Å²) in [4.78, 5) is 24.6. The molecular formula is C22H25N3O8S2. The minimum atomic E-state index is -3.95. The zero-order valence-electron chi connectivity index (χ0n) is 18.8. The summed E-state index contributed by atoms with van der Waals surface area (Å²) in [6.45, 7) is 1.35. The average Bonchev–Trinajstić information content (AvgIpc) is 3.06. The van der Waals surface area contributed by atoms with Gasteiger partial charge in [-0.2, -0.15) is 4.31 Å². The van der Waals surface area contributed by atoms with Crippen LogP contribution in [0.5, 0.6) is 5.75 Å². The Morgan fingerprint density at radius 1 is 1.06 bits per heavy atom. The molecule has 0 aliphatic carbocycles. The van der Waals surface area contributed by atoms with Gasteiger partial charge in [0.25, 0.3) is 15.9 Å². The molecule has 1 saturated heterocycles. The van der Waals surface area contributed by atoms with Crippen LogP contribution >= 0.6 is 0 Å². The van der Waals surface area contributed by atoms with Gasteiger partial charge in [-0.3, -0.25) is 9.59 Å². The lowest BCUT2D eigenvalue weighted by molar-refractivity contribution is -0.121. The number of hydrogen-bond donors (Lipinski definition) is 1. The van der Waals surface area contributed by atoms with E-state index >= 15 is 0 Å². The minimum absolute atomic E-state index is 0.0532. The van der Waals surface area contributed by atoms with Crippen molar-refractivity contribution in [2.45, 2.75) is 16.2 Å². The lowest BCUT2D eigenvalue weighted by Gasteiger charge is -2.26. The Labute approximate surface area is 203 Å². The van der Waals surface area contributed by atoms with Crippen LogP contribution < -0.4 is 10.1 Å². The molecule has 188 valence electrons. The number of morpholine rings is 1. The predicted molar refractivity (Wildman–Crippen MR) is 124 cm³/mol. The van der Waals surface area contributed by atoms with E-state index in [0.717, 1.165) is 0 Å². The van der Waals surface area contributed by atoms with Crippen LogP contribution in [0.1, 0.15) is 16.8 Å². The number of ether oxygens (including phenoxy) is 2. The highest BCUT2D eigenvalue weighted by Gasteiger charge is 2.40. The summed E-state index contributed by atoms with van der Waals surface area (Å²) in [6, 6.07) is 11.9. The number of nitrogens with one attached hydrogen (secondary N) is 1. The molecule has 0 radical (unpaired) electrons. The fourth-order valence-electron chi connectivity index (χ4n) is 3.75. The van der Waals surface area contributed by atoms with Crippen molar-refractivity contribution >= 4 is 31.9 Å². The van der Waals surface area contributed by atoms with E-state index in [1.54, 1.807) is 6.07 Å². The zero-order chi connectivity index (χ0) is 25.1. The lowest BCUT2D eigenvalue weighted by Crippen LogP contribution is -2.40. The van der Waals surface area contributed by atoms with Crippen LogP contribution in [-0.2, 0) is 29.6 Å². The maximum Gasteiger partial charge on any atom is 0.269 e. The van der Waals surface area contributed by atoms with E-state index < -0.39 is 31.9 Å². The van der Waals surface area contributed by atoms with Crippen LogP contribution in [0.4, 0.5) is 0 Å². The van der Waals surface area contributed by atoms with Gasteiger partial charge in [0.05, 0.1) is 30.2 Å². The third-order valence-electron chi connectivity index (χ3n) is 5.58. The Bertz CT molecular complexity index is 1300. The Kier molecular flexibility index (Phi) is 7.40. The molecule has 35 heavy (non-hydrogen) atoms. The van der Waals surface area contributed by atoms with Crippen molar-refractivity contribution < 1.29 is 35.9 Å². The summed E-state index contributed by atoms with van der Waals surface area (Å²) in [5.74, 6) is -0.637. The first kappa shape index (κ1) is 25.1. The quantitative estimate of drug-likeness (QED) is 0.467. The van der Waals surface area contributed by atoms with Crippen molar-refractivity contribution in [1.29, 1.82) is 0 Å². The third-order valence-corrected chi connectivity index (χ3v) is 9.33. The molecule has 1 fully saturated rings. The number of nitrogens with zero attached hydrogens (tertiary/aromatic N) is 2. The van der Waals surface area contributed by atoms with Gasteiger partial charge in [0.1, 0.15) is 17.3 Å². The van der Waals surface area contributed by atoms with Crippen molar-refractivity contribution in [3.05, 3.63) is 54.1 Å². The van der Waals surface area contributed by atoms with E-state index in [1.807, 2.05) is 0 Å². The van der Waals surface area contributed by atoms with Crippen LogP contribution in [0, 0.1) is 0 Å². The van der Waals surface area contributed by atoms with Crippen LogP contribution in [0.25, 0.3) is 0 Å². The molecular weight excluding hydrogens is 498 g/mol. The Hall–Kier alpha value is -3.00. The van der Waals surface area contributed by atoms with Crippen LogP contribution in [0.15, 0.2) is 58.3 Å². The maximum absolute atomic E-state index is 12.6. The van der Waals surface area contributed by atoms with Crippen LogP contribution in [0.2, 0.25) is 0 Å². The van der Waals surface area contributed by atoms with Crippen molar-refractivity contribution in [2.75, 3.05) is 46.0 Å². The van der Waals surface area contributed by atoms with Gasteiger partial charge >= 0.3 is 0 Å². The normalized spacial score (nSPS) is 17.7. The van der Waals surface area contributed by atoms with Gasteiger partial charge < -0.3 is 14.8 Å². The molecule has 2 aromatic carbocycles. The molecule has 2 aromatic rings. The van der Waals surface area contributed by atoms with Crippen molar-refractivity contribution in [2.24, 2.45) is 0 Å². The second-order valence-corrected chi connectivity index (χ2v) is 11.6. The molecule has 1 N–H and O–H groups in total. The molecule has 0 saturated carbocycles. The molecule has 2 aliphatic rings. The second kappa shape index (κ2) is 10.3. The number of hydrogen-bond acceptors (Lipinski definition) is 8.